The molecule has 0 aliphatic carbocycles. The van der Waals surface area contributed by atoms with Gasteiger partial charge in [-0.25, -0.2) is 0 Å². The van der Waals surface area contributed by atoms with Crippen LogP contribution in [0.3, 0.4) is 0 Å². The van der Waals surface area contributed by atoms with Crippen molar-refractivity contribution in [3.63, 3.8) is 0 Å². The lowest BCUT2D eigenvalue weighted by Crippen LogP contribution is -2.37. The molecule has 0 saturated carbocycles. The molecule has 0 radical (unpaired) electrons. The number of rotatable bonds is 7. The van der Waals surface area contributed by atoms with Gasteiger partial charge in [0.2, 0.25) is 0 Å². The predicted molar refractivity (Wildman–Crippen MR) is 150 cm³/mol. The number of nitrogens with one attached hydrogen (secondary N) is 1. The fourth-order valence-corrected chi connectivity index (χ4v) is 6.13. The highest BCUT2D eigenvalue weighted by Gasteiger charge is 2.42. The van der Waals surface area contributed by atoms with Crippen LogP contribution < -0.4 is 10.2 Å². The van der Waals surface area contributed by atoms with E-state index in [1.807, 2.05) is 12.3 Å². The van der Waals surface area contributed by atoms with Gasteiger partial charge in [0.15, 0.2) is 5.11 Å². The molecule has 0 spiro atoms. The third kappa shape index (κ3) is 5.05. The molecular formula is C29H37N5OS. The van der Waals surface area contributed by atoms with E-state index in [-0.39, 0.29) is 12.1 Å². The Labute approximate surface area is 220 Å². The fraction of sp³-hybridized carbons (Fsp3) is 0.448. The van der Waals surface area contributed by atoms with E-state index in [1.165, 1.54) is 28.1 Å². The zero-order valence-corrected chi connectivity index (χ0v) is 22.6. The summed E-state index contributed by atoms with van der Waals surface area (Å²) in [4.78, 5) is 9.53. The van der Waals surface area contributed by atoms with Gasteiger partial charge in [0.1, 0.15) is 0 Å². The summed E-state index contributed by atoms with van der Waals surface area (Å²) in [6.45, 7) is 14.7. The molecule has 0 amide bonds. The van der Waals surface area contributed by atoms with Crippen molar-refractivity contribution < 1.29 is 4.74 Å². The van der Waals surface area contributed by atoms with E-state index < -0.39 is 0 Å². The summed E-state index contributed by atoms with van der Waals surface area (Å²) >= 11 is 5.95. The van der Waals surface area contributed by atoms with E-state index in [1.54, 1.807) is 0 Å². The maximum atomic E-state index is 5.95. The second-order valence-corrected chi connectivity index (χ2v) is 10.5. The Morgan fingerprint density at radius 2 is 1.75 bits per heavy atom. The standard InChI is InChI=1S/C29H37N5OS/c1-20-16-21(2)18-24(17-20)34-28(27(31-29(34)36)26-8-5-6-9-30-26)25-19-22(3)33(23(25)4)11-7-10-32-12-14-35-15-13-32/h5-6,8-9,16-19,27-28H,7,10-15H2,1-4H3,(H,31,36)/t27-,28-/m0/s1. The first kappa shape index (κ1) is 24.9. The summed E-state index contributed by atoms with van der Waals surface area (Å²) in [5.41, 5.74) is 8.52. The van der Waals surface area contributed by atoms with E-state index in [4.69, 9.17) is 21.9 Å². The van der Waals surface area contributed by atoms with Gasteiger partial charge in [0.05, 0.1) is 31.0 Å². The average molecular weight is 504 g/mol. The second kappa shape index (κ2) is 10.7. The maximum Gasteiger partial charge on any atom is 0.174 e. The summed E-state index contributed by atoms with van der Waals surface area (Å²) < 4.78 is 7.98. The van der Waals surface area contributed by atoms with Gasteiger partial charge >= 0.3 is 0 Å². The smallest absolute Gasteiger partial charge is 0.174 e. The minimum Gasteiger partial charge on any atom is -0.379 e. The Bertz CT molecular complexity index is 1200. The summed E-state index contributed by atoms with van der Waals surface area (Å²) in [5.74, 6) is 0. The van der Waals surface area contributed by atoms with Crippen LogP contribution in [0.1, 0.15) is 52.3 Å². The van der Waals surface area contributed by atoms with Crippen molar-refractivity contribution in [2.24, 2.45) is 0 Å². The maximum absolute atomic E-state index is 5.95. The van der Waals surface area contributed by atoms with E-state index in [9.17, 15) is 0 Å². The van der Waals surface area contributed by atoms with Crippen LogP contribution in [0.25, 0.3) is 0 Å². The minimum atomic E-state index is -0.0261. The van der Waals surface area contributed by atoms with Gasteiger partial charge < -0.3 is 19.5 Å². The Hall–Kier alpha value is -2.74. The van der Waals surface area contributed by atoms with Crippen LogP contribution in [0.2, 0.25) is 0 Å². The molecule has 2 aromatic heterocycles. The molecule has 2 atom stereocenters. The largest absolute Gasteiger partial charge is 0.379 e. The van der Waals surface area contributed by atoms with E-state index in [0.717, 1.165) is 62.3 Å². The molecule has 0 bridgehead atoms. The van der Waals surface area contributed by atoms with E-state index in [2.05, 4.69) is 83.8 Å². The quantitative estimate of drug-likeness (QED) is 0.457. The van der Waals surface area contributed by atoms with Gasteiger partial charge in [-0.2, -0.15) is 0 Å². The van der Waals surface area contributed by atoms with Crippen molar-refractivity contribution >= 4 is 23.0 Å². The third-order valence-corrected chi connectivity index (χ3v) is 7.79. The summed E-state index contributed by atoms with van der Waals surface area (Å²) in [5, 5.41) is 4.36. The molecule has 7 heteroatoms. The van der Waals surface area contributed by atoms with E-state index >= 15 is 0 Å². The SMILES string of the molecule is Cc1cc(C)cc(N2C(=S)N[C@@H](c3ccccn3)[C@@H]2c2cc(C)n(CCCN3CCOCC3)c2C)c1. The van der Waals surface area contributed by atoms with Gasteiger partial charge in [-0.3, -0.25) is 9.88 Å². The van der Waals surface area contributed by atoms with Crippen LogP contribution in [-0.2, 0) is 11.3 Å². The zero-order chi connectivity index (χ0) is 25.2. The molecule has 1 N–H and O–H groups in total. The summed E-state index contributed by atoms with van der Waals surface area (Å²) in [7, 11) is 0. The number of aryl methyl sites for hydroxylation is 3. The second-order valence-electron chi connectivity index (χ2n) is 10.1. The molecule has 5 rings (SSSR count). The summed E-state index contributed by atoms with van der Waals surface area (Å²) in [6, 6.07) is 15.1. The van der Waals surface area contributed by atoms with Crippen LogP contribution in [0, 0.1) is 27.7 Å². The number of morpholine rings is 1. The van der Waals surface area contributed by atoms with Crippen molar-refractivity contribution in [2.75, 3.05) is 37.7 Å². The average Bonchev–Trinajstić information content (AvgIpc) is 3.35. The number of nitrogens with zero attached hydrogens (tertiary/aromatic N) is 4. The highest BCUT2D eigenvalue weighted by molar-refractivity contribution is 7.80. The van der Waals surface area contributed by atoms with E-state index in [0.29, 0.717) is 0 Å². The number of thiocarbonyl (C=S) groups is 1. The molecule has 2 saturated heterocycles. The van der Waals surface area contributed by atoms with Crippen molar-refractivity contribution in [1.29, 1.82) is 0 Å². The van der Waals surface area contributed by atoms with Gasteiger partial charge in [-0.15, -0.1) is 0 Å². The first-order chi connectivity index (χ1) is 17.4. The van der Waals surface area contributed by atoms with Crippen molar-refractivity contribution in [3.05, 3.63) is 82.4 Å². The highest BCUT2D eigenvalue weighted by atomic mass is 32.1. The van der Waals surface area contributed by atoms with Gasteiger partial charge in [0, 0.05) is 49.5 Å². The molecule has 190 valence electrons. The number of aromatic nitrogens is 2. The molecule has 36 heavy (non-hydrogen) atoms. The fourth-order valence-electron chi connectivity index (χ4n) is 5.79. The molecule has 1 aromatic carbocycles. The number of hydrogen-bond acceptors (Lipinski definition) is 4. The first-order valence-electron chi connectivity index (χ1n) is 13.0. The molecule has 2 fully saturated rings. The molecular weight excluding hydrogens is 466 g/mol. The molecule has 4 heterocycles. The van der Waals surface area contributed by atoms with Crippen LogP contribution in [0.5, 0.6) is 0 Å². The van der Waals surface area contributed by atoms with Gasteiger partial charge in [-0.05, 0) is 93.4 Å². The lowest BCUT2D eigenvalue weighted by Gasteiger charge is -2.29. The number of anilines is 1. The van der Waals surface area contributed by atoms with Gasteiger partial charge in [0.25, 0.3) is 0 Å². The Kier molecular flexibility index (Phi) is 7.42. The monoisotopic (exact) mass is 503 g/mol. The zero-order valence-electron chi connectivity index (χ0n) is 21.8. The van der Waals surface area contributed by atoms with Crippen molar-refractivity contribution in [1.82, 2.24) is 19.8 Å². The Morgan fingerprint density at radius 1 is 1.00 bits per heavy atom. The topological polar surface area (TPSA) is 45.6 Å². The van der Waals surface area contributed by atoms with Crippen LogP contribution >= 0.6 is 12.2 Å². The third-order valence-electron chi connectivity index (χ3n) is 7.47. The van der Waals surface area contributed by atoms with Crippen molar-refractivity contribution in [2.45, 2.75) is 52.7 Å². The normalized spacial score (nSPS) is 20.7. The van der Waals surface area contributed by atoms with Crippen molar-refractivity contribution in [3.8, 4) is 0 Å². The first-order valence-corrected chi connectivity index (χ1v) is 13.4. The predicted octanol–water partition coefficient (Wildman–Crippen LogP) is 5.02. The highest BCUT2D eigenvalue weighted by Crippen LogP contribution is 2.43. The number of ether oxygens (including phenoxy) is 1. The summed E-state index contributed by atoms with van der Waals surface area (Å²) in [6.07, 6.45) is 2.99. The molecule has 0 unspecified atom stereocenters. The lowest BCUT2D eigenvalue weighted by molar-refractivity contribution is 0.0369. The number of hydrogen-bond donors (Lipinski definition) is 1. The number of pyridine rings is 1. The van der Waals surface area contributed by atoms with Gasteiger partial charge in [-0.1, -0.05) is 12.1 Å². The number of benzene rings is 1. The van der Waals surface area contributed by atoms with Crippen LogP contribution in [0.4, 0.5) is 5.69 Å². The molecule has 6 nitrogen and oxygen atoms in total. The molecule has 3 aromatic rings. The molecule has 2 aliphatic heterocycles. The molecule has 2 aliphatic rings. The van der Waals surface area contributed by atoms with Crippen LogP contribution in [0.15, 0.2) is 48.7 Å². The Morgan fingerprint density at radius 3 is 2.44 bits per heavy atom. The Balaban J connectivity index is 1.49. The minimum absolute atomic E-state index is 0.0211. The van der Waals surface area contributed by atoms with Crippen LogP contribution in [-0.4, -0.2) is 52.4 Å². The lowest BCUT2D eigenvalue weighted by atomic mass is 9.96.